The van der Waals surface area contributed by atoms with E-state index in [1.807, 2.05) is 0 Å². The fourth-order valence-corrected chi connectivity index (χ4v) is 2.88. The van der Waals surface area contributed by atoms with Crippen molar-refractivity contribution in [3.05, 3.63) is 0 Å². The minimum atomic E-state index is 0.185. The summed E-state index contributed by atoms with van der Waals surface area (Å²) in [7, 11) is 0. The molecule has 0 spiro atoms. The molecule has 2 rings (SSSR count). The van der Waals surface area contributed by atoms with Crippen LogP contribution in [-0.4, -0.2) is 74.1 Å². The van der Waals surface area contributed by atoms with E-state index in [4.69, 9.17) is 0 Å². The van der Waals surface area contributed by atoms with Crippen LogP contribution >= 0.6 is 0 Å². The minimum absolute atomic E-state index is 0.185. The Kier molecular flexibility index (Phi) is 5.60. The molecule has 0 aliphatic carbocycles. The van der Waals surface area contributed by atoms with Crippen LogP contribution in [0.2, 0.25) is 0 Å². The van der Waals surface area contributed by atoms with Crippen molar-refractivity contribution in [2.24, 2.45) is 5.92 Å². The van der Waals surface area contributed by atoms with Gasteiger partial charge in [-0.3, -0.25) is 9.69 Å². The summed E-state index contributed by atoms with van der Waals surface area (Å²) in [5, 5.41) is 6.40. The van der Waals surface area contributed by atoms with Gasteiger partial charge in [0.15, 0.2) is 0 Å². The molecule has 19 heavy (non-hydrogen) atoms. The first-order chi connectivity index (χ1) is 9.15. The van der Waals surface area contributed by atoms with Crippen molar-refractivity contribution in [3.63, 3.8) is 0 Å². The van der Waals surface area contributed by atoms with Gasteiger partial charge in [-0.15, -0.1) is 0 Å². The van der Waals surface area contributed by atoms with Crippen molar-refractivity contribution in [2.75, 3.05) is 52.4 Å². The minimum Gasteiger partial charge on any atom is -0.355 e. The zero-order valence-electron chi connectivity index (χ0n) is 12.3. The zero-order chi connectivity index (χ0) is 13.7. The van der Waals surface area contributed by atoms with E-state index >= 15 is 0 Å². The number of likely N-dealkylation sites (tertiary alicyclic amines) is 1. The third-order valence-electron chi connectivity index (χ3n) is 4.21. The normalized spacial score (nSPS) is 25.9. The lowest BCUT2D eigenvalue weighted by molar-refractivity contribution is -0.122. The average Bonchev–Trinajstić information content (AvgIpc) is 2.86. The van der Waals surface area contributed by atoms with E-state index in [1.54, 1.807) is 0 Å². The number of nitrogens with zero attached hydrogens (tertiary/aromatic N) is 2. The molecule has 1 atom stereocenters. The van der Waals surface area contributed by atoms with Gasteiger partial charge in [0.1, 0.15) is 0 Å². The molecule has 0 aromatic rings. The Balaban J connectivity index is 1.61. The van der Waals surface area contributed by atoms with E-state index in [0.717, 1.165) is 39.3 Å². The highest BCUT2D eigenvalue weighted by Crippen LogP contribution is 2.17. The highest BCUT2D eigenvalue weighted by atomic mass is 16.2. The SMILES string of the molecule is CC(C)N1CC[C@@H](CNC(=O)CN2CCNCC2)C1. The molecule has 0 saturated carbocycles. The molecule has 0 aromatic heterocycles. The third-order valence-corrected chi connectivity index (χ3v) is 4.21. The molecule has 5 heteroatoms. The first-order valence-electron chi connectivity index (χ1n) is 7.59. The van der Waals surface area contributed by atoms with Gasteiger partial charge < -0.3 is 15.5 Å². The van der Waals surface area contributed by atoms with Crippen molar-refractivity contribution in [1.29, 1.82) is 0 Å². The molecule has 2 fully saturated rings. The highest BCUT2D eigenvalue weighted by molar-refractivity contribution is 5.78. The molecule has 2 saturated heterocycles. The molecule has 2 aliphatic rings. The topological polar surface area (TPSA) is 47.6 Å². The van der Waals surface area contributed by atoms with Crippen molar-refractivity contribution in [1.82, 2.24) is 20.4 Å². The van der Waals surface area contributed by atoms with Crippen molar-refractivity contribution in [3.8, 4) is 0 Å². The van der Waals surface area contributed by atoms with Gasteiger partial charge in [0, 0.05) is 45.3 Å². The Morgan fingerprint density at radius 2 is 2.05 bits per heavy atom. The van der Waals surface area contributed by atoms with Gasteiger partial charge >= 0.3 is 0 Å². The maximum absolute atomic E-state index is 11.9. The second-order valence-electron chi connectivity index (χ2n) is 6.07. The van der Waals surface area contributed by atoms with Crippen LogP contribution in [0.1, 0.15) is 20.3 Å². The maximum Gasteiger partial charge on any atom is 0.234 e. The molecular formula is C14H28N4O. The summed E-state index contributed by atoms with van der Waals surface area (Å²) in [4.78, 5) is 16.6. The predicted molar refractivity (Wildman–Crippen MR) is 77.1 cm³/mol. The van der Waals surface area contributed by atoms with Crippen LogP contribution in [0.25, 0.3) is 0 Å². The number of carbonyl (C=O) groups excluding carboxylic acids is 1. The molecule has 2 N–H and O–H groups in total. The molecule has 0 unspecified atom stereocenters. The summed E-state index contributed by atoms with van der Waals surface area (Å²) in [5.74, 6) is 0.819. The van der Waals surface area contributed by atoms with Crippen LogP contribution in [0.15, 0.2) is 0 Å². The molecule has 2 aliphatic heterocycles. The molecule has 2 heterocycles. The molecule has 110 valence electrons. The van der Waals surface area contributed by atoms with E-state index in [1.165, 1.54) is 13.0 Å². The van der Waals surface area contributed by atoms with Crippen molar-refractivity contribution >= 4 is 5.91 Å². The molecular weight excluding hydrogens is 240 g/mol. The van der Waals surface area contributed by atoms with E-state index in [2.05, 4.69) is 34.3 Å². The van der Waals surface area contributed by atoms with Gasteiger partial charge in [-0.05, 0) is 32.7 Å². The lowest BCUT2D eigenvalue weighted by Crippen LogP contribution is -2.48. The fraction of sp³-hybridized carbons (Fsp3) is 0.929. The van der Waals surface area contributed by atoms with Crippen LogP contribution < -0.4 is 10.6 Å². The van der Waals surface area contributed by atoms with Crippen LogP contribution in [0.4, 0.5) is 0 Å². The Morgan fingerprint density at radius 1 is 1.32 bits per heavy atom. The summed E-state index contributed by atoms with van der Waals surface area (Å²) < 4.78 is 0. The maximum atomic E-state index is 11.9. The van der Waals surface area contributed by atoms with E-state index in [0.29, 0.717) is 18.5 Å². The number of amides is 1. The lowest BCUT2D eigenvalue weighted by atomic mass is 10.1. The van der Waals surface area contributed by atoms with Crippen molar-refractivity contribution < 1.29 is 4.79 Å². The molecule has 0 aromatic carbocycles. The Hall–Kier alpha value is -0.650. The molecule has 5 nitrogen and oxygen atoms in total. The first kappa shape index (κ1) is 14.8. The predicted octanol–water partition coefficient (Wildman–Crippen LogP) is -0.262. The molecule has 0 radical (unpaired) electrons. The monoisotopic (exact) mass is 268 g/mol. The highest BCUT2D eigenvalue weighted by Gasteiger charge is 2.24. The average molecular weight is 268 g/mol. The second kappa shape index (κ2) is 7.22. The van der Waals surface area contributed by atoms with Gasteiger partial charge in [-0.25, -0.2) is 0 Å². The quantitative estimate of drug-likeness (QED) is 0.721. The summed E-state index contributed by atoms with van der Waals surface area (Å²) >= 11 is 0. The largest absolute Gasteiger partial charge is 0.355 e. The van der Waals surface area contributed by atoms with E-state index < -0.39 is 0 Å². The van der Waals surface area contributed by atoms with Gasteiger partial charge in [-0.1, -0.05) is 0 Å². The van der Waals surface area contributed by atoms with Crippen LogP contribution in [0.5, 0.6) is 0 Å². The Morgan fingerprint density at radius 3 is 2.68 bits per heavy atom. The summed E-state index contributed by atoms with van der Waals surface area (Å²) in [6.07, 6.45) is 1.21. The number of piperazine rings is 1. The van der Waals surface area contributed by atoms with E-state index in [9.17, 15) is 4.79 Å². The summed E-state index contributed by atoms with van der Waals surface area (Å²) in [5.41, 5.74) is 0. The van der Waals surface area contributed by atoms with Crippen molar-refractivity contribution in [2.45, 2.75) is 26.3 Å². The smallest absolute Gasteiger partial charge is 0.234 e. The number of carbonyl (C=O) groups is 1. The molecule has 0 bridgehead atoms. The zero-order valence-corrected chi connectivity index (χ0v) is 12.3. The Labute approximate surface area is 116 Å². The first-order valence-corrected chi connectivity index (χ1v) is 7.59. The summed E-state index contributed by atoms with van der Waals surface area (Å²) in [6, 6.07) is 0.626. The van der Waals surface area contributed by atoms with Crippen LogP contribution in [0, 0.1) is 5.92 Å². The number of hydrogen-bond donors (Lipinski definition) is 2. The Bertz CT molecular complexity index is 289. The van der Waals surface area contributed by atoms with Gasteiger partial charge in [0.25, 0.3) is 0 Å². The fourth-order valence-electron chi connectivity index (χ4n) is 2.88. The molecule has 1 amide bonds. The van der Waals surface area contributed by atoms with Gasteiger partial charge in [-0.2, -0.15) is 0 Å². The summed E-state index contributed by atoms with van der Waals surface area (Å²) in [6.45, 7) is 12.2. The van der Waals surface area contributed by atoms with E-state index in [-0.39, 0.29) is 5.91 Å². The second-order valence-corrected chi connectivity index (χ2v) is 6.07. The van der Waals surface area contributed by atoms with Gasteiger partial charge in [0.05, 0.1) is 6.54 Å². The van der Waals surface area contributed by atoms with Crippen LogP contribution in [-0.2, 0) is 4.79 Å². The number of nitrogens with one attached hydrogen (secondary N) is 2. The lowest BCUT2D eigenvalue weighted by Gasteiger charge is -2.26. The standard InChI is InChI=1S/C14H28N4O/c1-12(2)18-6-3-13(10-18)9-16-14(19)11-17-7-4-15-5-8-17/h12-13,15H,3-11H2,1-2H3,(H,16,19)/t13-/m0/s1. The third kappa shape index (κ3) is 4.75. The number of hydrogen-bond acceptors (Lipinski definition) is 4. The van der Waals surface area contributed by atoms with Crippen LogP contribution in [0.3, 0.4) is 0 Å². The van der Waals surface area contributed by atoms with Gasteiger partial charge in [0.2, 0.25) is 5.91 Å². The number of rotatable bonds is 5.